The van der Waals surface area contributed by atoms with Gasteiger partial charge in [0, 0.05) is 6.04 Å². The van der Waals surface area contributed by atoms with Crippen LogP contribution in [0.25, 0.3) is 0 Å². The molecule has 1 nitrogen and oxygen atoms in total. The molecular weight excluding hydrogens is 134 g/mol. The third-order valence-corrected chi connectivity index (χ3v) is 2.30. The van der Waals surface area contributed by atoms with Crippen molar-refractivity contribution in [3.63, 3.8) is 0 Å². The van der Waals surface area contributed by atoms with Crippen LogP contribution in [0.4, 0.5) is 0 Å². The molecule has 1 aliphatic carbocycles. The van der Waals surface area contributed by atoms with Crippen molar-refractivity contribution in [2.24, 2.45) is 11.7 Å². The molecule has 0 aromatic carbocycles. The van der Waals surface area contributed by atoms with Gasteiger partial charge < -0.3 is 5.73 Å². The summed E-state index contributed by atoms with van der Waals surface area (Å²) in [6, 6.07) is 0.509. The first-order valence-electron chi connectivity index (χ1n) is 5.04. The van der Waals surface area contributed by atoms with E-state index in [1.165, 1.54) is 32.1 Å². The van der Waals surface area contributed by atoms with E-state index in [0.29, 0.717) is 6.04 Å². The van der Waals surface area contributed by atoms with Crippen molar-refractivity contribution in [2.75, 3.05) is 0 Å². The van der Waals surface area contributed by atoms with Crippen LogP contribution < -0.4 is 5.73 Å². The minimum absolute atomic E-state index is 0.509. The molecule has 0 heterocycles. The van der Waals surface area contributed by atoms with Crippen LogP contribution in [0.3, 0.4) is 0 Å². The van der Waals surface area contributed by atoms with E-state index in [1.54, 1.807) is 0 Å². The fourth-order valence-electron chi connectivity index (χ4n) is 1.52. The minimum atomic E-state index is 0.509. The van der Waals surface area contributed by atoms with Crippen molar-refractivity contribution in [3.05, 3.63) is 0 Å². The largest absolute Gasteiger partial charge is 0.328 e. The van der Waals surface area contributed by atoms with Gasteiger partial charge in [-0.2, -0.15) is 0 Å². The SMILES string of the molecule is CC.CC1CCCC(N)CC1. The number of hydrogen-bond acceptors (Lipinski definition) is 1. The molecular formula is C10H23N. The van der Waals surface area contributed by atoms with E-state index < -0.39 is 0 Å². The van der Waals surface area contributed by atoms with Crippen LogP contribution in [-0.2, 0) is 0 Å². The molecule has 0 spiro atoms. The highest BCUT2D eigenvalue weighted by molar-refractivity contribution is 4.69. The topological polar surface area (TPSA) is 26.0 Å². The highest BCUT2D eigenvalue weighted by atomic mass is 14.6. The van der Waals surface area contributed by atoms with Crippen LogP contribution in [0.1, 0.15) is 52.9 Å². The molecule has 1 heteroatoms. The lowest BCUT2D eigenvalue weighted by Crippen LogP contribution is -2.17. The number of hydrogen-bond donors (Lipinski definition) is 1. The van der Waals surface area contributed by atoms with Crippen molar-refractivity contribution in [3.8, 4) is 0 Å². The molecule has 0 saturated heterocycles. The lowest BCUT2D eigenvalue weighted by Gasteiger charge is -2.05. The number of nitrogens with two attached hydrogens (primary N) is 1. The Morgan fingerprint density at radius 2 is 1.64 bits per heavy atom. The van der Waals surface area contributed by atoms with Crippen LogP contribution in [0, 0.1) is 5.92 Å². The molecule has 2 atom stereocenters. The average Bonchev–Trinajstić information content (AvgIpc) is 2.20. The standard InChI is InChI=1S/C8H17N.C2H6/c1-7-3-2-4-8(9)6-5-7;1-2/h7-8H,2-6,9H2,1H3;1-2H3. The molecule has 1 rings (SSSR count). The minimum Gasteiger partial charge on any atom is -0.328 e. The molecule has 1 aliphatic rings. The molecule has 0 aliphatic heterocycles. The monoisotopic (exact) mass is 157 g/mol. The Morgan fingerprint density at radius 1 is 1.00 bits per heavy atom. The fraction of sp³-hybridized carbons (Fsp3) is 1.00. The smallest absolute Gasteiger partial charge is 0.00389 e. The summed E-state index contributed by atoms with van der Waals surface area (Å²) in [7, 11) is 0. The quantitative estimate of drug-likeness (QED) is 0.537. The highest BCUT2D eigenvalue weighted by Gasteiger charge is 2.11. The van der Waals surface area contributed by atoms with Crippen LogP contribution >= 0.6 is 0 Å². The molecule has 11 heavy (non-hydrogen) atoms. The molecule has 68 valence electrons. The van der Waals surface area contributed by atoms with E-state index >= 15 is 0 Å². The van der Waals surface area contributed by atoms with E-state index in [1.807, 2.05) is 13.8 Å². The molecule has 1 saturated carbocycles. The van der Waals surface area contributed by atoms with Gasteiger partial charge in [0.1, 0.15) is 0 Å². The Morgan fingerprint density at radius 3 is 2.27 bits per heavy atom. The zero-order valence-electron chi connectivity index (χ0n) is 8.27. The second-order valence-corrected chi connectivity index (χ2v) is 3.37. The maximum absolute atomic E-state index is 5.80. The molecule has 2 N–H and O–H groups in total. The van der Waals surface area contributed by atoms with E-state index in [9.17, 15) is 0 Å². The molecule has 0 amide bonds. The maximum atomic E-state index is 5.80. The van der Waals surface area contributed by atoms with Crippen molar-refractivity contribution in [1.29, 1.82) is 0 Å². The molecule has 0 aromatic heterocycles. The molecule has 0 radical (unpaired) electrons. The zero-order chi connectivity index (χ0) is 8.69. The van der Waals surface area contributed by atoms with Gasteiger partial charge in [-0.3, -0.25) is 0 Å². The summed E-state index contributed by atoms with van der Waals surface area (Å²) >= 11 is 0. The summed E-state index contributed by atoms with van der Waals surface area (Å²) < 4.78 is 0. The van der Waals surface area contributed by atoms with Crippen LogP contribution in [0.15, 0.2) is 0 Å². The molecule has 1 fully saturated rings. The van der Waals surface area contributed by atoms with E-state index in [2.05, 4.69) is 6.92 Å². The Kier molecular flexibility index (Phi) is 6.63. The maximum Gasteiger partial charge on any atom is 0.00389 e. The predicted molar refractivity (Wildman–Crippen MR) is 51.6 cm³/mol. The average molecular weight is 157 g/mol. The van der Waals surface area contributed by atoms with Gasteiger partial charge in [0.25, 0.3) is 0 Å². The van der Waals surface area contributed by atoms with Crippen molar-refractivity contribution in [1.82, 2.24) is 0 Å². The van der Waals surface area contributed by atoms with E-state index in [0.717, 1.165) is 5.92 Å². The zero-order valence-corrected chi connectivity index (χ0v) is 8.27. The second kappa shape index (κ2) is 6.66. The van der Waals surface area contributed by atoms with Gasteiger partial charge >= 0.3 is 0 Å². The summed E-state index contributed by atoms with van der Waals surface area (Å²) in [4.78, 5) is 0. The number of rotatable bonds is 0. The van der Waals surface area contributed by atoms with Crippen molar-refractivity contribution in [2.45, 2.75) is 58.9 Å². The summed E-state index contributed by atoms with van der Waals surface area (Å²) in [5.41, 5.74) is 5.80. The third-order valence-electron chi connectivity index (χ3n) is 2.30. The summed E-state index contributed by atoms with van der Waals surface area (Å²) in [6.07, 6.45) is 6.60. The first-order valence-corrected chi connectivity index (χ1v) is 5.04. The normalized spacial score (nSPS) is 31.6. The lowest BCUT2D eigenvalue weighted by molar-refractivity contribution is 0.499. The third kappa shape index (κ3) is 5.25. The summed E-state index contributed by atoms with van der Waals surface area (Å²) in [6.45, 7) is 6.33. The van der Waals surface area contributed by atoms with E-state index in [-0.39, 0.29) is 0 Å². The van der Waals surface area contributed by atoms with Crippen molar-refractivity contribution < 1.29 is 0 Å². The highest BCUT2D eigenvalue weighted by Crippen LogP contribution is 2.20. The van der Waals surface area contributed by atoms with Crippen LogP contribution in [-0.4, -0.2) is 6.04 Å². The van der Waals surface area contributed by atoms with Gasteiger partial charge in [-0.05, 0) is 25.2 Å². The molecule has 2 unspecified atom stereocenters. The Balaban J connectivity index is 0.000000461. The first-order chi connectivity index (χ1) is 5.29. The Hall–Kier alpha value is -0.0400. The second-order valence-electron chi connectivity index (χ2n) is 3.37. The van der Waals surface area contributed by atoms with Crippen LogP contribution in [0.2, 0.25) is 0 Å². The van der Waals surface area contributed by atoms with Crippen molar-refractivity contribution >= 4 is 0 Å². The van der Waals surface area contributed by atoms with Gasteiger partial charge in [-0.25, -0.2) is 0 Å². The molecule has 0 aromatic rings. The fourth-order valence-corrected chi connectivity index (χ4v) is 1.52. The molecule has 0 bridgehead atoms. The van der Waals surface area contributed by atoms with Gasteiger partial charge in [-0.1, -0.05) is 33.6 Å². The van der Waals surface area contributed by atoms with Gasteiger partial charge in [0.15, 0.2) is 0 Å². The Labute approximate surface area is 71.4 Å². The van der Waals surface area contributed by atoms with Gasteiger partial charge in [0.2, 0.25) is 0 Å². The van der Waals surface area contributed by atoms with Gasteiger partial charge in [0.05, 0.1) is 0 Å². The van der Waals surface area contributed by atoms with Gasteiger partial charge in [-0.15, -0.1) is 0 Å². The van der Waals surface area contributed by atoms with E-state index in [4.69, 9.17) is 5.73 Å². The first kappa shape index (κ1) is 11.0. The summed E-state index contributed by atoms with van der Waals surface area (Å²) in [5, 5.41) is 0. The lowest BCUT2D eigenvalue weighted by atomic mass is 10.0. The van der Waals surface area contributed by atoms with Crippen LogP contribution in [0.5, 0.6) is 0 Å². The predicted octanol–water partition coefficient (Wildman–Crippen LogP) is 2.94. The Bertz CT molecular complexity index is 70.9. The summed E-state index contributed by atoms with van der Waals surface area (Å²) in [5.74, 6) is 0.929.